The Labute approximate surface area is 217 Å². The molecule has 1 unspecified atom stereocenters. The van der Waals surface area contributed by atoms with E-state index in [1.54, 1.807) is 18.3 Å². The Morgan fingerprint density at radius 2 is 2.03 bits per heavy atom. The van der Waals surface area contributed by atoms with Crippen molar-refractivity contribution in [2.75, 3.05) is 19.9 Å². The fourth-order valence-electron chi connectivity index (χ4n) is 5.33. The lowest BCUT2D eigenvalue weighted by Crippen LogP contribution is -2.31. The van der Waals surface area contributed by atoms with Gasteiger partial charge in [-0.1, -0.05) is 36.4 Å². The van der Waals surface area contributed by atoms with Crippen molar-refractivity contribution in [1.82, 2.24) is 13.9 Å². The quantitative estimate of drug-likeness (QED) is 0.257. The highest BCUT2D eigenvalue weighted by Crippen LogP contribution is 2.37. The maximum atomic E-state index is 12.4. The number of H-pyrrole nitrogens is 1. The summed E-state index contributed by atoms with van der Waals surface area (Å²) in [7, 11) is -2.02. The summed E-state index contributed by atoms with van der Waals surface area (Å²) >= 11 is 0. The molecule has 8 heteroatoms. The molecule has 37 heavy (non-hydrogen) atoms. The van der Waals surface area contributed by atoms with Crippen LogP contribution in [0, 0.1) is 0 Å². The SMILES string of the molecule is COC(=O)/C=C/c1ccc2c(c1)CCC2N(CCc1c[nH]c2ccccc12)Cc1cccn1S(C)(=O)=O. The number of fused-ring (bicyclic) bond motifs is 2. The number of methoxy groups -OCH3 is 1. The number of para-hydroxylation sites is 1. The van der Waals surface area contributed by atoms with Crippen molar-refractivity contribution >= 4 is 33.0 Å². The highest BCUT2D eigenvalue weighted by Gasteiger charge is 2.29. The van der Waals surface area contributed by atoms with E-state index < -0.39 is 10.0 Å². The zero-order valence-electron chi connectivity index (χ0n) is 21.1. The molecule has 4 aromatic rings. The number of benzene rings is 2. The Bertz CT molecular complexity index is 1560. The highest BCUT2D eigenvalue weighted by molar-refractivity contribution is 7.89. The third-order valence-electron chi connectivity index (χ3n) is 7.13. The molecule has 1 N–H and O–H groups in total. The molecular weight excluding hydrogens is 486 g/mol. The van der Waals surface area contributed by atoms with Gasteiger partial charge in [-0.25, -0.2) is 17.2 Å². The van der Waals surface area contributed by atoms with Gasteiger partial charge in [-0.15, -0.1) is 0 Å². The largest absolute Gasteiger partial charge is 0.466 e. The second kappa shape index (κ2) is 10.4. The summed E-state index contributed by atoms with van der Waals surface area (Å²) in [5, 5.41) is 1.22. The monoisotopic (exact) mass is 517 g/mol. The first kappa shape index (κ1) is 25.0. The van der Waals surface area contributed by atoms with Crippen LogP contribution in [0.4, 0.5) is 0 Å². The summed E-state index contributed by atoms with van der Waals surface area (Å²) in [6.45, 7) is 1.31. The number of carbonyl (C=O) groups is 1. The summed E-state index contributed by atoms with van der Waals surface area (Å²) in [6.07, 6.45) is 10.9. The summed E-state index contributed by atoms with van der Waals surface area (Å²) in [5.41, 5.74) is 6.60. The molecule has 0 radical (unpaired) electrons. The summed E-state index contributed by atoms with van der Waals surface area (Å²) < 4.78 is 30.8. The van der Waals surface area contributed by atoms with Crippen LogP contribution in [0.2, 0.25) is 0 Å². The van der Waals surface area contributed by atoms with Gasteiger partial charge in [-0.2, -0.15) is 0 Å². The number of aryl methyl sites for hydroxylation is 1. The van der Waals surface area contributed by atoms with Crippen molar-refractivity contribution in [1.29, 1.82) is 0 Å². The van der Waals surface area contributed by atoms with Crippen LogP contribution in [0.5, 0.6) is 0 Å². The molecule has 2 aromatic carbocycles. The number of hydrogen-bond acceptors (Lipinski definition) is 5. The van der Waals surface area contributed by atoms with Crippen molar-refractivity contribution in [2.45, 2.75) is 31.8 Å². The molecule has 0 amide bonds. The normalized spacial score (nSPS) is 15.6. The lowest BCUT2D eigenvalue weighted by molar-refractivity contribution is -0.134. The molecule has 5 rings (SSSR count). The molecule has 192 valence electrons. The molecule has 0 aliphatic heterocycles. The molecule has 2 aromatic heterocycles. The predicted octanol–water partition coefficient (Wildman–Crippen LogP) is 4.70. The number of nitrogens with one attached hydrogen (secondary N) is 1. The van der Waals surface area contributed by atoms with Gasteiger partial charge in [-0.05, 0) is 65.8 Å². The van der Waals surface area contributed by atoms with Crippen LogP contribution >= 0.6 is 0 Å². The molecule has 0 saturated heterocycles. The van der Waals surface area contributed by atoms with Gasteiger partial charge >= 0.3 is 5.97 Å². The van der Waals surface area contributed by atoms with Crippen molar-refractivity contribution in [3.8, 4) is 0 Å². The first-order valence-electron chi connectivity index (χ1n) is 12.4. The Balaban J connectivity index is 1.44. The molecule has 1 atom stereocenters. The first-order valence-corrected chi connectivity index (χ1v) is 14.2. The van der Waals surface area contributed by atoms with Crippen molar-refractivity contribution in [3.05, 3.63) is 101 Å². The minimum atomic E-state index is -3.39. The van der Waals surface area contributed by atoms with E-state index in [1.165, 1.54) is 45.5 Å². The molecule has 0 bridgehead atoms. The van der Waals surface area contributed by atoms with E-state index in [1.807, 2.05) is 18.2 Å². The third kappa shape index (κ3) is 5.40. The van der Waals surface area contributed by atoms with Gasteiger partial charge < -0.3 is 9.72 Å². The summed E-state index contributed by atoms with van der Waals surface area (Å²) in [6, 6.07) is 18.4. The lowest BCUT2D eigenvalue weighted by atomic mass is 10.0. The molecule has 0 saturated carbocycles. The number of hydrogen-bond donors (Lipinski definition) is 1. The van der Waals surface area contributed by atoms with E-state index in [9.17, 15) is 13.2 Å². The number of rotatable bonds is 9. The number of nitrogens with zero attached hydrogens (tertiary/aromatic N) is 2. The molecular formula is C29H31N3O4S. The first-order chi connectivity index (χ1) is 17.8. The van der Waals surface area contributed by atoms with E-state index in [0.29, 0.717) is 6.54 Å². The number of ether oxygens (including phenoxy) is 1. The van der Waals surface area contributed by atoms with Crippen LogP contribution in [0.15, 0.2) is 73.1 Å². The van der Waals surface area contributed by atoms with Gasteiger partial charge in [-0.3, -0.25) is 4.90 Å². The lowest BCUT2D eigenvalue weighted by Gasteiger charge is -2.30. The van der Waals surface area contributed by atoms with Crippen LogP contribution < -0.4 is 0 Å². The van der Waals surface area contributed by atoms with Gasteiger partial charge in [0.15, 0.2) is 0 Å². The van der Waals surface area contributed by atoms with Crippen LogP contribution in [0.25, 0.3) is 17.0 Å². The average molecular weight is 518 g/mol. The molecule has 1 aliphatic rings. The van der Waals surface area contributed by atoms with E-state index in [-0.39, 0.29) is 12.0 Å². The van der Waals surface area contributed by atoms with Gasteiger partial charge in [0, 0.05) is 54.2 Å². The minimum Gasteiger partial charge on any atom is -0.466 e. The predicted molar refractivity (Wildman–Crippen MR) is 146 cm³/mol. The molecule has 0 fully saturated rings. The fourth-order valence-corrected chi connectivity index (χ4v) is 6.17. The second-order valence-electron chi connectivity index (χ2n) is 9.51. The molecule has 0 spiro atoms. The molecule has 7 nitrogen and oxygen atoms in total. The number of aromatic amines is 1. The van der Waals surface area contributed by atoms with Gasteiger partial charge in [0.1, 0.15) is 0 Å². The maximum absolute atomic E-state index is 12.4. The van der Waals surface area contributed by atoms with E-state index in [4.69, 9.17) is 4.74 Å². The zero-order chi connectivity index (χ0) is 26.0. The Morgan fingerprint density at radius 1 is 1.19 bits per heavy atom. The number of esters is 1. The van der Waals surface area contributed by atoms with Crippen LogP contribution in [0.3, 0.4) is 0 Å². The maximum Gasteiger partial charge on any atom is 0.330 e. The average Bonchev–Trinajstić information content (AvgIpc) is 3.63. The van der Waals surface area contributed by atoms with Crippen LogP contribution in [-0.2, 0) is 38.9 Å². The number of aromatic nitrogens is 2. The van der Waals surface area contributed by atoms with E-state index in [2.05, 4.69) is 46.4 Å². The Morgan fingerprint density at radius 3 is 2.84 bits per heavy atom. The topological polar surface area (TPSA) is 84.4 Å². The van der Waals surface area contributed by atoms with Crippen molar-refractivity contribution < 1.29 is 17.9 Å². The highest BCUT2D eigenvalue weighted by atomic mass is 32.2. The summed E-state index contributed by atoms with van der Waals surface area (Å²) in [4.78, 5) is 17.3. The Hall–Kier alpha value is -3.62. The van der Waals surface area contributed by atoms with Gasteiger partial charge in [0.05, 0.1) is 13.4 Å². The smallest absolute Gasteiger partial charge is 0.330 e. The summed E-state index contributed by atoms with van der Waals surface area (Å²) in [5.74, 6) is -0.379. The van der Waals surface area contributed by atoms with Crippen molar-refractivity contribution in [3.63, 3.8) is 0 Å². The standard InChI is InChI=1S/C29H31N3O4S/c1-36-29(33)14-10-21-9-12-26-22(18-21)11-13-28(26)31(20-24-6-5-16-32(24)37(2,34)35)17-15-23-19-30-27-8-4-3-7-25(23)27/h3-10,12,14,16,18-19,28,30H,11,13,15,17,20H2,1-2H3/b14-10+. The Kier molecular flexibility index (Phi) is 7.04. The van der Waals surface area contributed by atoms with E-state index >= 15 is 0 Å². The molecule has 2 heterocycles. The van der Waals surface area contributed by atoms with Crippen molar-refractivity contribution in [2.24, 2.45) is 0 Å². The third-order valence-corrected chi connectivity index (χ3v) is 8.20. The van der Waals surface area contributed by atoms with Crippen LogP contribution in [0.1, 0.15) is 40.4 Å². The van der Waals surface area contributed by atoms with Gasteiger partial charge in [0.2, 0.25) is 10.0 Å². The van der Waals surface area contributed by atoms with Gasteiger partial charge in [0.25, 0.3) is 0 Å². The van der Waals surface area contributed by atoms with Crippen LogP contribution in [-0.4, -0.2) is 48.2 Å². The number of carbonyl (C=O) groups excluding carboxylic acids is 1. The van der Waals surface area contributed by atoms with E-state index in [0.717, 1.165) is 42.6 Å². The second-order valence-corrected chi connectivity index (χ2v) is 11.4. The minimum absolute atomic E-state index is 0.168. The fraction of sp³-hybridized carbons (Fsp3) is 0.276. The zero-order valence-corrected chi connectivity index (χ0v) is 21.9. The molecule has 1 aliphatic carbocycles.